The van der Waals surface area contributed by atoms with Crippen LogP contribution in [0, 0.1) is 11.6 Å². The molecule has 1 aliphatic heterocycles. The van der Waals surface area contributed by atoms with Gasteiger partial charge in [-0.1, -0.05) is 42.0 Å². The van der Waals surface area contributed by atoms with Crippen LogP contribution in [-0.2, 0) is 6.42 Å². The van der Waals surface area contributed by atoms with Crippen molar-refractivity contribution in [2.75, 3.05) is 0 Å². The lowest BCUT2D eigenvalue weighted by Gasteiger charge is -2.20. The number of benzene rings is 2. The predicted octanol–water partition coefficient (Wildman–Crippen LogP) is 4.52. The fourth-order valence-corrected chi connectivity index (χ4v) is 3.01. The van der Waals surface area contributed by atoms with Crippen LogP contribution in [0.2, 0.25) is 0 Å². The lowest BCUT2D eigenvalue weighted by atomic mass is 10.0. The van der Waals surface area contributed by atoms with Crippen LogP contribution in [0.3, 0.4) is 0 Å². The maximum atomic E-state index is 9.64. The van der Waals surface area contributed by atoms with Gasteiger partial charge in [0.05, 0.1) is 5.56 Å². The molecule has 0 saturated carbocycles. The number of fused-ring (bicyclic) bond motifs is 2. The van der Waals surface area contributed by atoms with Crippen LogP contribution in [0.25, 0.3) is 11.4 Å². The van der Waals surface area contributed by atoms with Crippen molar-refractivity contribution in [3.8, 4) is 28.8 Å². The summed E-state index contributed by atoms with van der Waals surface area (Å²) in [4.78, 5) is 7.65. The Morgan fingerprint density at radius 2 is 2.09 bits per heavy atom. The third-order valence-electron chi connectivity index (χ3n) is 3.89. The molecule has 0 radical (unpaired) electrons. The third kappa shape index (κ3) is 2.49. The number of nitrogens with zero attached hydrogens (tertiary/aromatic N) is 1. The first-order valence-electron chi connectivity index (χ1n) is 7.30. The molecular formula is C18H14N2O2S. The van der Waals surface area contributed by atoms with Crippen LogP contribution in [-0.4, -0.2) is 15.1 Å². The maximum Gasteiger partial charge on any atom is 0.205 e. The van der Waals surface area contributed by atoms with Gasteiger partial charge in [0.15, 0.2) is 0 Å². The molecule has 23 heavy (non-hydrogen) atoms. The van der Waals surface area contributed by atoms with E-state index in [2.05, 4.69) is 23.0 Å². The van der Waals surface area contributed by atoms with Crippen molar-refractivity contribution in [1.29, 1.82) is 0 Å². The Balaban J connectivity index is 1.83. The average molecular weight is 322 g/mol. The van der Waals surface area contributed by atoms with E-state index < -0.39 is 0 Å². The Morgan fingerprint density at radius 3 is 2.91 bits per heavy atom. The van der Waals surface area contributed by atoms with Gasteiger partial charge in [-0.15, -0.1) is 0 Å². The standard InChI is InChI=1S/C18H14N2O2S/c1-10-5-6-15-12(7-10)9-14-17(22-15)19-16(20-18(14)23)11-3-2-4-13(21)8-11/h2-8,21H,9H2,1H3,(H,19,20,23). The first kappa shape index (κ1) is 14.0. The van der Waals surface area contributed by atoms with Gasteiger partial charge in [0.25, 0.3) is 0 Å². The Bertz CT molecular complexity index is 979. The first-order chi connectivity index (χ1) is 11.1. The number of phenolic OH excluding ortho intramolecular Hbond substituents is 1. The Labute approximate surface area is 138 Å². The minimum atomic E-state index is 0.183. The molecule has 0 aliphatic carbocycles. The number of phenols is 1. The molecular weight excluding hydrogens is 308 g/mol. The molecule has 4 rings (SSSR count). The van der Waals surface area contributed by atoms with Gasteiger partial charge in [0.1, 0.15) is 22.0 Å². The van der Waals surface area contributed by atoms with Crippen LogP contribution in [0.15, 0.2) is 42.5 Å². The van der Waals surface area contributed by atoms with E-state index in [1.165, 1.54) is 5.56 Å². The second kappa shape index (κ2) is 5.21. The van der Waals surface area contributed by atoms with Crippen LogP contribution in [0.4, 0.5) is 0 Å². The van der Waals surface area contributed by atoms with E-state index in [1.807, 2.05) is 18.2 Å². The smallest absolute Gasteiger partial charge is 0.205 e. The van der Waals surface area contributed by atoms with Crippen molar-refractivity contribution in [2.45, 2.75) is 13.3 Å². The number of aromatic nitrogens is 2. The zero-order chi connectivity index (χ0) is 16.0. The van der Waals surface area contributed by atoms with Gasteiger partial charge >= 0.3 is 0 Å². The van der Waals surface area contributed by atoms with E-state index in [0.29, 0.717) is 22.8 Å². The molecule has 3 aromatic rings. The predicted molar refractivity (Wildman–Crippen MR) is 90.6 cm³/mol. The number of hydrogen-bond donors (Lipinski definition) is 2. The van der Waals surface area contributed by atoms with Gasteiger partial charge in [-0.05, 0) is 30.7 Å². The van der Waals surface area contributed by atoms with E-state index in [-0.39, 0.29) is 5.75 Å². The van der Waals surface area contributed by atoms with Crippen molar-refractivity contribution in [3.63, 3.8) is 0 Å². The number of nitrogens with one attached hydrogen (secondary N) is 1. The number of aromatic hydroxyl groups is 1. The van der Waals surface area contributed by atoms with Crippen LogP contribution in [0.5, 0.6) is 17.4 Å². The van der Waals surface area contributed by atoms with Crippen molar-refractivity contribution in [2.24, 2.45) is 0 Å². The third-order valence-corrected chi connectivity index (χ3v) is 4.23. The van der Waals surface area contributed by atoms with Crippen molar-refractivity contribution in [3.05, 3.63) is 63.8 Å². The van der Waals surface area contributed by atoms with Crippen molar-refractivity contribution >= 4 is 12.2 Å². The van der Waals surface area contributed by atoms with E-state index in [1.54, 1.807) is 18.2 Å². The number of rotatable bonds is 1. The summed E-state index contributed by atoms with van der Waals surface area (Å²) in [5, 5.41) is 9.64. The molecule has 2 aromatic carbocycles. The fraction of sp³-hybridized carbons (Fsp3) is 0.111. The average Bonchev–Trinajstić information content (AvgIpc) is 2.53. The molecule has 0 spiro atoms. The summed E-state index contributed by atoms with van der Waals surface area (Å²) in [6.45, 7) is 2.06. The largest absolute Gasteiger partial charge is 0.508 e. The first-order valence-corrected chi connectivity index (χ1v) is 7.71. The van der Waals surface area contributed by atoms with Gasteiger partial charge in [-0.2, -0.15) is 0 Å². The summed E-state index contributed by atoms with van der Waals surface area (Å²) in [6, 6.07) is 13.0. The van der Waals surface area contributed by atoms with E-state index in [4.69, 9.17) is 17.0 Å². The van der Waals surface area contributed by atoms with Crippen LogP contribution >= 0.6 is 12.2 Å². The summed E-state index contributed by atoms with van der Waals surface area (Å²) < 4.78 is 6.50. The highest BCUT2D eigenvalue weighted by Gasteiger charge is 2.20. The summed E-state index contributed by atoms with van der Waals surface area (Å²) in [5.74, 6) is 2.23. The molecule has 0 fully saturated rings. The Morgan fingerprint density at radius 1 is 1.22 bits per heavy atom. The molecule has 0 bridgehead atoms. The SMILES string of the molecule is Cc1ccc2c(c1)Cc1c([nH]c(-c3cccc(O)c3)nc1=S)O2. The number of hydrogen-bond acceptors (Lipinski definition) is 4. The second-order valence-electron chi connectivity index (χ2n) is 5.64. The molecule has 2 N–H and O–H groups in total. The quantitative estimate of drug-likeness (QED) is 0.506. The van der Waals surface area contributed by atoms with Crippen molar-refractivity contribution < 1.29 is 9.84 Å². The van der Waals surface area contributed by atoms with Crippen LogP contribution < -0.4 is 4.74 Å². The molecule has 4 nitrogen and oxygen atoms in total. The zero-order valence-corrected chi connectivity index (χ0v) is 13.3. The molecule has 2 heterocycles. The highest BCUT2D eigenvalue weighted by molar-refractivity contribution is 7.71. The number of aromatic amines is 1. The summed E-state index contributed by atoms with van der Waals surface area (Å²) >= 11 is 5.45. The van der Waals surface area contributed by atoms with Crippen molar-refractivity contribution in [1.82, 2.24) is 9.97 Å². The molecule has 0 atom stereocenters. The van der Waals surface area contributed by atoms with Gasteiger partial charge in [0.2, 0.25) is 5.88 Å². The minimum Gasteiger partial charge on any atom is -0.508 e. The molecule has 5 heteroatoms. The number of aryl methyl sites for hydroxylation is 1. The van der Waals surface area contributed by atoms with Crippen LogP contribution in [0.1, 0.15) is 16.7 Å². The molecule has 0 unspecified atom stereocenters. The normalized spacial score (nSPS) is 12.2. The topological polar surface area (TPSA) is 58.1 Å². The van der Waals surface area contributed by atoms with Gasteiger partial charge < -0.3 is 14.8 Å². The lowest BCUT2D eigenvalue weighted by Crippen LogP contribution is -2.08. The van der Waals surface area contributed by atoms with E-state index in [0.717, 1.165) is 22.4 Å². The Hall–Kier alpha value is -2.66. The monoisotopic (exact) mass is 322 g/mol. The second-order valence-corrected chi connectivity index (χ2v) is 6.03. The summed E-state index contributed by atoms with van der Waals surface area (Å²) in [7, 11) is 0. The molecule has 1 aromatic heterocycles. The van der Waals surface area contributed by atoms with Gasteiger partial charge in [0, 0.05) is 12.0 Å². The number of H-pyrrole nitrogens is 1. The highest BCUT2D eigenvalue weighted by atomic mass is 32.1. The number of ether oxygens (including phenoxy) is 1. The zero-order valence-electron chi connectivity index (χ0n) is 12.5. The Kier molecular flexibility index (Phi) is 3.16. The molecule has 0 amide bonds. The fourth-order valence-electron chi connectivity index (χ4n) is 2.76. The lowest BCUT2D eigenvalue weighted by molar-refractivity contribution is 0.439. The highest BCUT2D eigenvalue weighted by Crippen LogP contribution is 2.37. The molecule has 0 saturated heterocycles. The molecule has 1 aliphatic rings. The van der Waals surface area contributed by atoms with Gasteiger partial charge in [-0.25, -0.2) is 4.98 Å². The maximum absolute atomic E-state index is 9.64. The summed E-state index contributed by atoms with van der Waals surface area (Å²) in [6.07, 6.45) is 0.703. The van der Waals surface area contributed by atoms with E-state index >= 15 is 0 Å². The molecule has 114 valence electrons. The summed E-state index contributed by atoms with van der Waals surface area (Å²) in [5.41, 5.74) is 3.96. The van der Waals surface area contributed by atoms with E-state index in [9.17, 15) is 5.11 Å². The minimum absolute atomic E-state index is 0.183. The van der Waals surface area contributed by atoms with Gasteiger partial charge in [-0.3, -0.25) is 0 Å².